The minimum atomic E-state index is -1.04. The third-order valence-electron chi connectivity index (χ3n) is 3.70. The van der Waals surface area contributed by atoms with Crippen molar-refractivity contribution in [3.05, 3.63) is 52.9 Å². The van der Waals surface area contributed by atoms with Crippen LogP contribution in [-0.4, -0.2) is 28.2 Å². The number of hydrogen-bond acceptors (Lipinski definition) is 4. The van der Waals surface area contributed by atoms with Gasteiger partial charge in [0.2, 0.25) is 5.91 Å². The predicted octanol–water partition coefficient (Wildman–Crippen LogP) is 2.04. The zero-order valence-electron chi connectivity index (χ0n) is 13.2. The Hall–Kier alpha value is -2.63. The SMILES string of the molecule is Cc1noc(C)c1CCC(=O)N[C@H](Cc1ccccc1)C(=O)O. The van der Waals surface area contributed by atoms with Crippen molar-refractivity contribution in [1.29, 1.82) is 0 Å². The molecule has 0 saturated heterocycles. The molecule has 0 spiro atoms. The number of aromatic nitrogens is 1. The number of amides is 1. The Bertz CT molecular complexity index is 660. The van der Waals surface area contributed by atoms with Gasteiger partial charge in [0, 0.05) is 18.4 Å². The van der Waals surface area contributed by atoms with Crippen LogP contribution in [0.1, 0.15) is 29.0 Å². The van der Waals surface area contributed by atoms with Crippen molar-refractivity contribution in [3.8, 4) is 0 Å². The van der Waals surface area contributed by atoms with Gasteiger partial charge in [0.15, 0.2) is 0 Å². The maximum Gasteiger partial charge on any atom is 0.326 e. The quantitative estimate of drug-likeness (QED) is 0.815. The monoisotopic (exact) mass is 316 g/mol. The summed E-state index contributed by atoms with van der Waals surface area (Å²) in [6, 6.07) is 8.29. The molecule has 2 rings (SSSR count). The summed E-state index contributed by atoms with van der Waals surface area (Å²) in [5.74, 6) is -0.651. The fourth-order valence-electron chi connectivity index (χ4n) is 2.41. The first-order chi connectivity index (χ1) is 11.0. The number of carbonyl (C=O) groups is 2. The number of benzene rings is 1. The van der Waals surface area contributed by atoms with Crippen molar-refractivity contribution >= 4 is 11.9 Å². The van der Waals surface area contributed by atoms with Crippen LogP contribution in [0.15, 0.2) is 34.9 Å². The molecule has 0 unspecified atom stereocenters. The molecule has 0 fully saturated rings. The van der Waals surface area contributed by atoms with E-state index in [1.165, 1.54) is 0 Å². The molecule has 122 valence electrons. The molecule has 0 radical (unpaired) electrons. The van der Waals surface area contributed by atoms with Crippen LogP contribution in [0.5, 0.6) is 0 Å². The number of aliphatic carboxylic acids is 1. The Morgan fingerprint density at radius 1 is 1.26 bits per heavy atom. The van der Waals surface area contributed by atoms with Crippen molar-refractivity contribution in [3.63, 3.8) is 0 Å². The molecule has 23 heavy (non-hydrogen) atoms. The van der Waals surface area contributed by atoms with Gasteiger partial charge in [-0.3, -0.25) is 4.79 Å². The summed E-state index contributed by atoms with van der Waals surface area (Å²) >= 11 is 0. The van der Waals surface area contributed by atoms with Crippen LogP contribution >= 0.6 is 0 Å². The van der Waals surface area contributed by atoms with Crippen LogP contribution in [0.4, 0.5) is 0 Å². The molecule has 6 heteroatoms. The Kier molecular flexibility index (Phi) is 5.51. The lowest BCUT2D eigenvalue weighted by Gasteiger charge is -2.14. The van der Waals surface area contributed by atoms with Gasteiger partial charge in [0.25, 0.3) is 0 Å². The number of hydrogen-bond donors (Lipinski definition) is 2. The second kappa shape index (κ2) is 7.58. The van der Waals surface area contributed by atoms with Crippen molar-refractivity contribution < 1.29 is 19.2 Å². The number of aryl methyl sites for hydroxylation is 2. The van der Waals surface area contributed by atoms with E-state index in [2.05, 4.69) is 10.5 Å². The van der Waals surface area contributed by atoms with E-state index in [0.29, 0.717) is 12.2 Å². The maximum absolute atomic E-state index is 12.0. The lowest BCUT2D eigenvalue weighted by atomic mass is 10.0. The average Bonchev–Trinajstić information content (AvgIpc) is 2.84. The maximum atomic E-state index is 12.0. The highest BCUT2D eigenvalue weighted by Crippen LogP contribution is 2.14. The zero-order valence-corrected chi connectivity index (χ0v) is 13.2. The topological polar surface area (TPSA) is 92.4 Å². The van der Waals surface area contributed by atoms with Crippen LogP contribution in [0.2, 0.25) is 0 Å². The van der Waals surface area contributed by atoms with Crippen molar-refractivity contribution in [1.82, 2.24) is 10.5 Å². The van der Waals surface area contributed by atoms with Crippen molar-refractivity contribution in [2.75, 3.05) is 0 Å². The fourth-order valence-corrected chi connectivity index (χ4v) is 2.41. The fraction of sp³-hybridized carbons (Fsp3) is 0.353. The minimum Gasteiger partial charge on any atom is -0.480 e. The van der Waals surface area contributed by atoms with E-state index in [1.54, 1.807) is 6.92 Å². The second-order valence-corrected chi connectivity index (χ2v) is 5.45. The molecular formula is C17H20N2O4. The van der Waals surface area contributed by atoms with E-state index in [1.807, 2.05) is 37.3 Å². The van der Waals surface area contributed by atoms with E-state index in [0.717, 1.165) is 16.8 Å². The molecule has 1 amide bonds. The molecule has 1 heterocycles. The predicted molar refractivity (Wildman–Crippen MR) is 84.0 cm³/mol. The van der Waals surface area contributed by atoms with Crippen LogP contribution in [0.3, 0.4) is 0 Å². The number of nitrogens with zero attached hydrogens (tertiary/aromatic N) is 1. The third-order valence-corrected chi connectivity index (χ3v) is 3.70. The first-order valence-corrected chi connectivity index (χ1v) is 7.45. The molecule has 1 atom stereocenters. The molecule has 0 aliphatic carbocycles. The summed E-state index contributed by atoms with van der Waals surface area (Å²) in [6.07, 6.45) is 0.930. The Labute approximate surface area is 134 Å². The number of nitrogens with one attached hydrogen (secondary N) is 1. The smallest absolute Gasteiger partial charge is 0.326 e. The third kappa shape index (κ3) is 4.67. The highest BCUT2D eigenvalue weighted by atomic mass is 16.5. The summed E-state index contributed by atoms with van der Waals surface area (Å²) in [7, 11) is 0. The van der Waals surface area contributed by atoms with E-state index in [4.69, 9.17) is 4.52 Å². The zero-order chi connectivity index (χ0) is 16.8. The van der Waals surface area contributed by atoms with Gasteiger partial charge in [0.05, 0.1) is 5.69 Å². The van der Waals surface area contributed by atoms with Gasteiger partial charge in [-0.05, 0) is 25.8 Å². The second-order valence-electron chi connectivity index (χ2n) is 5.45. The standard InChI is InChI=1S/C17H20N2O4/c1-11-14(12(2)23-19-11)8-9-16(20)18-15(17(21)22)10-13-6-4-3-5-7-13/h3-7,15H,8-10H2,1-2H3,(H,18,20)(H,21,22)/t15-/m1/s1. The average molecular weight is 316 g/mol. The summed E-state index contributed by atoms with van der Waals surface area (Å²) in [6.45, 7) is 3.61. The molecule has 2 N–H and O–H groups in total. The van der Waals surface area contributed by atoms with Gasteiger partial charge < -0.3 is 14.9 Å². The van der Waals surface area contributed by atoms with Crippen LogP contribution in [-0.2, 0) is 22.4 Å². The molecule has 1 aromatic carbocycles. The highest BCUT2D eigenvalue weighted by Gasteiger charge is 2.20. The van der Waals surface area contributed by atoms with Crippen molar-refractivity contribution in [2.45, 2.75) is 39.2 Å². The summed E-state index contributed by atoms with van der Waals surface area (Å²) in [5.41, 5.74) is 2.52. The van der Waals surface area contributed by atoms with Gasteiger partial charge in [-0.15, -0.1) is 0 Å². The van der Waals surface area contributed by atoms with E-state index < -0.39 is 12.0 Å². The number of carboxylic acid groups (broad SMARTS) is 1. The minimum absolute atomic E-state index is 0.196. The van der Waals surface area contributed by atoms with E-state index in [-0.39, 0.29) is 18.7 Å². The molecule has 1 aromatic heterocycles. The van der Waals surface area contributed by atoms with Gasteiger partial charge >= 0.3 is 5.97 Å². The highest BCUT2D eigenvalue weighted by molar-refractivity contribution is 5.83. The number of carbonyl (C=O) groups excluding carboxylic acids is 1. The van der Waals surface area contributed by atoms with Gasteiger partial charge in [0.1, 0.15) is 11.8 Å². The van der Waals surface area contributed by atoms with E-state index in [9.17, 15) is 14.7 Å². The number of rotatable bonds is 7. The number of carboxylic acids is 1. The van der Waals surface area contributed by atoms with Crippen LogP contribution in [0, 0.1) is 13.8 Å². The first kappa shape index (κ1) is 16.7. The van der Waals surface area contributed by atoms with Gasteiger partial charge in [-0.25, -0.2) is 4.79 Å². The summed E-state index contributed by atoms with van der Waals surface area (Å²) in [5, 5.41) is 15.7. The summed E-state index contributed by atoms with van der Waals surface area (Å²) in [4.78, 5) is 23.4. The molecular weight excluding hydrogens is 296 g/mol. The lowest BCUT2D eigenvalue weighted by Crippen LogP contribution is -2.42. The van der Waals surface area contributed by atoms with E-state index >= 15 is 0 Å². The van der Waals surface area contributed by atoms with Crippen LogP contribution < -0.4 is 5.32 Å². The molecule has 0 aliphatic rings. The van der Waals surface area contributed by atoms with Gasteiger partial charge in [-0.2, -0.15) is 0 Å². The van der Waals surface area contributed by atoms with Crippen molar-refractivity contribution in [2.24, 2.45) is 0 Å². The largest absolute Gasteiger partial charge is 0.480 e. The Morgan fingerprint density at radius 2 is 1.96 bits per heavy atom. The molecule has 2 aromatic rings. The normalized spacial score (nSPS) is 11.9. The Morgan fingerprint density at radius 3 is 2.52 bits per heavy atom. The molecule has 0 saturated carbocycles. The lowest BCUT2D eigenvalue weighted by molar-refractivity contribution is -0.141. The van der Waals surface area contributed by atoms with Gasteiger partial charge in [-0.1, -0.05) is 35.5 Å². The van der Waals surface area contributed by atoms with Crippen LogP contribution in [0.25, 0.3) is 0 Å². The summed E-state index contributed by atoms with van der Waals surface area (Å²) < 4.78 is 5.05. The Balaban J connectivity index is 1.92. The molecule has 0 aliphatic heterocycles. The molecule has 0 bridgehead atoms. The molecule has 6 nitrogen and oxygen atoms in total. The first-order valence-electron chi connectivity index (χ1n) is 7.45.